The third-order valence-electron chi connectivity index (χ3n) is 18.6. The molecule has 7 heteroatoms. The molecule has 0 N–H and O–H groups in total. The molecule has 0 aromatic rings. The van der Waals surface area contributed by atoms with Crippen LogP contribution in [0.15, 0.2) is 0 Å². The molecule has 0 unspecified atom stereocenters. The number of thiocarbonyl (C=S) groups is 2. The van der Waals surface area contributed by atoms with Gasteiger partial charge in [-0.15, -0.1) is 0 Å². The maximum atomic E-state index is 5.39. The van der Waals surface area contributed by atoms with Crippen LogP contribution in [0.25, 0.3) is 0 Å². The summed E-state index contributed by atoms with van der Waals surface area (Å²) in [6.45, 7) is 13.5. The molecule has 85 heavy (non-hydrogen) atoms. The molecule has 0 aromatic heterocycles. The Hall–Kier alpha value is 1.14. The minimum Gasteiger partial charge on any atom is -0.411 e. The van der Waals surface area contributed by atoms with Gasteiger partial charge in [-0.05, 0) is 25.7 Å². The summed E-state index contributed by atoms with van der Waals surface area (Å²) in [5.41, 5.74) is 0. The average molecular weight is 1460 g/mol. The second-order valence-electron chi connectivity index (χ2n) is 27.1. The van der Waals surface area contributed by atoms with Gasteiger partial charge >= 0.3 is 27.3 Å². The van der Waals surface area contributed by atoms with E-state index in [1.165, 1.54) is 437 Å². The van der Waals surface area contributed by atoms with Crippen LogP contribution < -0.4 is 0 Å². The standard InChI is InChI=1S/2C39H79NS2.Pb/c2*1-3-5-7-9-11-13-15-17-19-21-23-25-27-29-31-33-35-37-40(39(41)42)38-36-34-32-30-28-26-24-22-20-18-16-14-12-10-8-6-4-2;/h2*3-38H2,1-2H3,(H,41,42);/q;;+2/p-2. The van der Waals surface area contributed by atoms with Crippen LogP contribution >= 0.6 is 24.4 Å². The van der Waals surface area contributed by atoms with Gasteiger partial charge in [0.15, 0.2) is 0 Å². The van der Waals surface area contributed by atoms with Gasteiger partial charge in [0, 0.05) is 26.2 Å². The Morgan fingerprint density at radius 2 is 0.259 bits per heavy atom. The quantitative estimate of drug-likeness (QED) is 0.0257. The van der Waals surface area contributed by atoms with Crippen LogP contribution in [0.1, 0.15) is 464 Å². The van der Waals surface area contributed by atoms with Gasteiger partial charge in [0.05, 0.1) is 0 Å². The van der Waals surface area contributed by atoms with Gasteiger partial charge in [-0.25, -0.2) is 0 Å². The van der Waals surface area contributed by atoms with Crippen LogP contribution in [-0.2, 0) is 25.3 Å². The molecule has 0 heterocycles. The third-order valence-corrected chi connectivity index (χ3v) is 19.7. The van der Waals surface area contributed by atoms with E-state index in [0.29, 0.717) is 8.64 Å². The van der Waals surface area contributed by atoms with Crippen LogP contribution in [0.2, 0.25) is 0 Å². The van der Waals surface area contributed by atoms with Crippen molar-refractivity contribution in [2.45, 2.75) is 464 Å². The van der Waals surface area contributed by atoms with Gasteiger partial charge in [0.25, 0.3) is 0 Å². The SMILES string of the molecule is CCCCCCCCCCCCCCCCCCCN(CCCCCCCCCCCCCCCCCCC)C(=S)[S-].CCCCCCCCCCCCCCCCCCCN(CCCCCCCCCCCCCCCCCCC)C(=S)[S-].[Pb+2]. The van der Waals surface area contributed by atoms with Crippen LogP contribution in [0.5, 0.6) is 0 Å². The van der Waals surface area contributed by atoms with Crippen molar-refractivity contribution in [2.75, 3.05) is 26.2 Å². The molecule has 0 bridgehead atoms. The van der Waals surface area contributed by atoms with Gasteiger partial charge in [0.2, 0.25) is 0 Å². The molecule has 0 atom stereocenters. The van der Waals surface area contributed by atoms with Crippen molar-refractivity contribution in [2.24, 2.45) is 0 Å². The minimum atomic E-state index is 0. The first kappa shape index (κ1) is 90.3. The molecular weight excluding hydrogens is 1300 g/mol. The molecular formula is C78H156N2PbS4. The van der Waals surface area contributed by atoms with Crippen molar-refractivity contribution in [3.8, 4) is 0 Å². The van der Waals surface area contributed by atoms with Crippen molar-refractivity contribution in [1.82, 2.24) is 9.80 Å². The zero-order valence-corrected chi connectivity index (χ0v) is 66.1. The molecule has 506 valence electrons. The summed E-state index contributed by atoms with van der Waals surface area (Å²) < 4.78 is 1.39. The fourth-order valence-electron chi connectivity index (χ4n) is 12.7. The second kappa shape index (κ2) is 83.2. The van der Waals surface area contributed by atoms with E-state index in [4.69, 9.17) is 49.7 Å². The molecule has 0 spiro atoms. The van der Waals surface area contributed by atoms with Crippen LogP contribution in [0.3, 0.4) is 0 Å². The van der Waals surface area contributed by atoms with Crippen molar-refractivity contribution in [3.63, 3.8) is 0 Å². The van der Waals surface area contributed by atoms with Gasteiger partial charge < -0.3 is 59.5 Å². The fraction of sp³-hybridized carbons (Fsp3) is 0.974. The van der Waals surface area contributed by atoms with Crippen LogP contribution in [0.4, 0.5) is 0 Å². The molecule has 2 nitrogen and oxygen atoms in total. The number of hydrogen-bond donors (Lipinski definition) is 0. The van der Waals surface area contributed by atoms with Crippen LogP contribution in [-0.4, -0.2) is 71.9 Å². The second-order valence-corrected chi connectivity index (χ2v) is 29.2. The Morgan fingerprint density at radius 3 is 0.341 bits per heavy atom. The Labute approximate surface area is 581 Å². The molecule has 0 aliphatic heterocycles. The summed E-state index contributed by atoms with van der Waals surface area (Å²) in [7, 11) is 0. The molecule has 0 aliphatic carbocycles. The van der Waals surface area contributed by atoms with Gasteiger partial charge in [0.1, 0.15) is 0 Å². The first-order valence-electron chi connectivity index (χ1n) is 39.4. The van der Waals surface area contributed by atoms with Crippen molar-refractivity contribution >= 4 is 85.6 Å². The molecule has 2 radical (unpaired) electrons. The number of nitrogens with zero attached hydrogens (tertiary/aromatic N) is 2. The average Bonchev–Trinajstić information content (AvgIpc) is 3.49. The molecule has 0 amide bonds. The first-order valence-corrected chi connectivity index (χ1v) is 41.0. The predicted octanol–water partition coefficient (Wildman–Crippen LogP) is 28.5. The molecule has 0 rings (SSSR count). The third kappa shape index (κ3) is 81.2. The van der Waals surface area contributed by atoms with Crippen LogP contribution in [0, 0.1) is 0 Å². The number of rotatable bonds is 72. The van der Waals surface area contributed by atoms with E-state index in [1.54, 1.807) is 0 Å². The number of unbranched alkanes of at least 4 members (excludes halogenated alkanes) is 64. The zero-order valence-electron chi connectivity index (χ0n) is 58.9. The zero-order chi connectivity index (χ0) is 61.2. The van der Waals surface area contributed by atoms with E-state index in [0.717, 1.165) is 26.2 Å². The Morgan fingerprint density at radius 1 is 0.176 bits per heavy atom. The van der Waals surface area contributed by atoms with E-state index in [9.17, 15) is 0 Å². The van der Waals surface area contributed by atoms with Crippen molar-refractivity contribution in [3.05, 3.63) is 0 Å². The Balaban J connectivity index is -0.00000156. The molecule has 0 aliphatic rings. The van der Waals surface area contributed by atoms with Crippen molar-refractivity contribution in [1.29, 1.82) is 0 Å². The van der Waals surface area contributed by atoms with E-state index >= 15 is 0 Å². The predicted molar refractivity (Wildman–Crippen MR) is 405 cm³/mol. The van der Waals surface area contributed by atoms with E-state index < -0.39 is 0 Å². The maximum Gasteiger partial charge on any atom is 2.00 e. The van der Waals surface area contributed by atoms with Gasteiger partial charge in [-0.2, -0.15) is 0 Å². The Kier molecular flexibility index (Phi) is 88.4. The normalized spacial score (nSPS) is 11.2. The Bertz CT molecular complexity index is 1040. The number of hydrogen-bond acceptors (Lipinski definition) is 4. The van der Waals surface area contributed by atoms with E-state index in [1.807, 2.05) is 0 Å². The van der Waals surface area contributed by atoms with E-state index in [-0.39, 0.29) is 27.3 Å². The molecule has 0 saturated heterocycles. The van der Waals surface area contributed by atoms with E-state index in [2.05, 4.69) is 37.5 Å². The largest absolute Gasteiger partial charge is 2.00 e. The summed E-state index contributed by atoms with van der Waals surface area (Å²) in [5.74, 6) is 0. The smallest absolute Gasteiger partial charge is 0.411 e. The molecule has 0 fully saturated rings. The first-order chi connectivity index (χ1) is 41.4. The minimum absolute atomic E-state index is 0. The summed E-state index contributed by atoms with van der Waals surface area (Å²) in [6.07, 6.45) is 96.9. The monoisotopic (exact) mass is 1460 g/mol. The summed E-state index contributed by atoms with van der Waals surface area (Å²) in [4.78, 5) is 4.61. The van der Waals surface area contributed by atoms with Gasteiger partial charge in [-0.1, -0.05) is 447 Å². The fourth-order valence-corrected chi connectivity index (χ4v) is 13.4. The molecule has 0 aromatic carbocycles. The summed E-state index contributed by atoms with van der Waals surface area (Å²) >= 11 is 21.5. The molecule has 0 saturated carbocycles. The van der Waals surface area contributed by atoms with Gasteiger partial charge in [-0.3, -0.25) is 0 Å². The topological polar surface area (TPSA) is 6.48 Å². The summed E-state index contributed by atoms with van der Waals surface area (Å²) in [6, 6.07) is 0. The summed E-state index contributed by atoms with van der Waals surface area (Å²) in [5, 5.41) is 0. The maximum absolute atomic E-state index is 5.39. The van der Waals surface area contributed by atoms with Crippen molar-refractivity contribution < 1.29 is 0 Å².